The van der Waals surface area contributed by atoms with E-state index in [1.54, 1.807) is 0 Å². The minimum absolute atomic E-state index is 0.0476. The van der Waals surface area contributed by atoms with Crippen LogP contribution < -0.4 is 5.32 Å². The number of amides is 2. The monoisotopic (exact) mass is 220 g/mol. The molecule has 0 aliphatic carbocycles. The molecule has 0 fully saturated rings. The Labute approximate surface area is 87.3 Å². The lowest BCUT2D eigenvalue weighted by atomic mass is 10.2. The number of nitrogens with one attached hydrogen (secondary N) is 1. The van der Waals surface area contributed by atoms with Gasteiger partial charge in [-0.1, -0.05) is 0 Å². The van der Waals surface area contributed by atoms with Crippen LogP contribution in [0.2, 0.25) is 0 Å². The quantitative estimate of drug-likeness (QED) is 0.433. The number of carboxylic acids is 1. The molecule has 0 aromatic heterocycles. The highest BCUT2D eigenvalue weighted by Crippen LogP contribution is 1.90. The molecule has 0 spiro atoms. The summed E-state index contributed by atoms with van der Waals surface area (Å²) in [6.07, 6.45) is -1.51. The van der Waals surface area contributed by atoms with Crippen molar-refractivity contribution >= 4 is 12.0 Å². The van der Waals surface area contributed by atoms with Crippen molar-refractivity contribution in [3.8, 4) is 0 Å². The average molecular weight is 220 g/mol. The third kappa shape index (κ3) is 5.87. The molecule has 0 aromatic rings. The zero-order valence-electron chi connectivity index (χ0n) is 8.51. The summed E-state index contributed by atoms with van der Waals surface area (Å²) in [5.41, 5.74) is 0. The van der Waals surface area contributed by atoms with Crippen molar-refractivity contribution in [2.75, 3.05) is 26.7 Å². The van der Waals surface area contributed by atoms with E-state index in [0.717, 1.165) is 0 Å². The Hall–Kier alpha value is -1.34. The average Bonchev–Trinajstić information content (AvgIpc) is 2.17. The molecule has 0 aliphatic heterocycles. The van der Waals surface area contributed by atoms with E-state index in [0.29, 0.717) is 0 Å². The molecule has 2 amide bonds. The van der Waals surface area contributed by atoms with E-state index in [1.165, 1.54) is 11.9 Å². The van der Waals surface area contributed by atoms with Crippen molar-refractivity contribution < 1.29 is 24.9 Å². The first-order chi connectivity index (χ1) is 6.99. The second kappa shape index (κ2) is 7.02. The van der Waals surface area contributed by atoms with Gasteiger partial charge in [-0.05, 0) is 0 Å². The van der Waals surface area contributed by atoms with E-state index < -0.39 is 18.1 Å². The number of carbonyl (C=O) groups is 2. The first kappa shape index (κ1) is 13.7. The normalized spacial score (nSPS) is 11.9. The van der Waals surface area contributed by atoms with Gasteiger partial charge in [-0.15, -0.1) is 0 Å². The van der Waals surface area contributed by atoms with Crippen molar-refractivity contribution in [2.45, 2.75) is 12.5 Å². The number of aliphatic hydroxyl groups excluding tert-OH is 2. The van der Waals surface area contributed by atoms with Gasteiger partial charge in [0.2, 0.25) is 0 Å². The first-order valence-electron chi connectivity index (χ1n) is 4.49. The van der Waals surface area contributed by atoms with Gasteiger partial charge in [0.1, 0.15) is 0 Å². The van der Waals surface area contributed by atoms with Crippen LogP contribution in [0.4, 0.5) is 4.79 Å². The lowest BCUT2D eigenvalue weighted by molar-refractivity contribution is -0.146. The van der Waals surface area contributed by atoms with Gasteiger partial charge >= 0.3 is 12.0 Å². The second-order valence-corrected chi connectivity index (χ2v) is 3.02. The van der Waals surface area contributed by atoms with Crippen molar-refractivity contribution in [1.82, 2.24) is 10.2 Å². The molecule has 88 valence electrons. The zero-order chi connectivity index (χ0) is 11.8. The number of urea groups is 1. The number of aliphatic hydroxyl groups is 2. The van der Waals surface area contributed by atoms with Gasteiger partial charge in [0.05, 0.1) is 6.61 Å². The highest BCUT2D eigenvalue weighted by atomic mass is 16.4. The number of aliphatic carboxylic acids is 1. The second-order valence-electron chi connectivity index (χ2n) is 3.02. The molecule has 1 unspecified atom stereocenters. The summed E-state index contributed by atoms with van der Waals surface area (Å²) in [6.45, 7) is 0.136. The smallest absolute Gasteiger partial charge is 0.332 e. The third-order valence-electron chi connectivity index (χ3n) is 1.76. The molecule has 7 heteroatoms. The summed E-state index contributed by atoms with van der Waals surface area (Å²) >= 11 is 0. The van der Waals surface area contributed by atoms with Gasteiger partial charge in [0.15, 0.2) is 6.10 Å². The van der Waals surface area contributed by atoms with Crippen molar-refractivity contribution in [1.29, 1.82) is 0 Å². The van der Waals surface area contributed by atoms with Crippen LogP contribution in [-0.4, -0.2) is 65.1 Å². The van der Waals surface area contributed by atoms with Gasteiger partial charge in [0.25, 0.3) is 0 Å². The third-order valence-corrected chi connectivity index (χ3v) is 1.76. The first-order valence-corrected chi connectivity index (χ1v) is 4.49. The maximum absolute atomic E-state index is 11.2. The molecule has 0 heterocycles. The SMILES string of the molecule is CN(CCO)C(=O)NCCC(O)C(=O)O. The van der Waals surface area contributed by atoms with E-state index in [4.69, 9.17) is 15.3 Å². The molecule has 0 aromatic carbocycles. The van der Waals surface area contributed by atoms with Crippen LogP contribution in [0.1, 0.15) is 6.42 Å². The number of hydrogen-bond donors (Lipinski definition) is 4. The molecule has 15 heavy (non-hydrogen) atoms. The molecule has 7 nitrogen and oxygen atoms in total. The summed E-state index contributed by atoms with van der Waals surface area (Å²) in [7, 11) is 1.50. The highest BCUT2D eigenvalue weighted by molar-refractivity contribution is 5.74. The predicted molar refractivity (Wildman–Crippen MR) is 51.4 cm³/mol. The number of hydrogen-bond acceptors (Lipinski definition) is 4. The Morgan fingerprint density at radius 2 is 2.07 bits per heavy atom. The van der Waals surface area contributed by atoms with Crippen molar-refractivity contribution in [2.24, 2.45) is 0 Å². The Balaban J connectivity index is 3.67. The molecule has 4 N–H and O–H groups in total. The van der Waals surface area contributed by atoms with Crippen LogP contribution in [0.25, 0.3) is 0 Å². The van der Waals surface area contributed by atoms with Crippen LogP contribution in [0.15, 0.2) is 0 Å². The Bertz CT molecular complexity index is 221. The summed E-state index contributed by atoms with van der Waals surface area (Å²) in [4.78, 5) is 22.6. The lowest BCUT2D eigenvalue weighted by Crippen LogP contribution is -2.40. The topological polar surface area (TPSA) is 110 Å². The number of likely N-dealkylation sites (N-methyl/N-ethyl adjacent to an activating group) is 1. The molecular weight excluding hydrogens is 204 g/mol. The van der Waals surface area contributed by atoms with Crippen LogP contribution in [0.5, 0.6) is 0 Å². The van der Waals surface area contributed by atoms with Crippen LogP contribution in [0.3, 0.4) is 0 Å². The number of rotatable bonds is 6. The fraction of sp³-hybridized carbons (Fsp3) is 0.750. The number of carbonyl (C=O) groups excluding carboxylic acids is 1. The summed E-state index contributed by atoms with van der Waals surface area (Å²) in [6, 6.07) is -0.415. The largest absolute Gasteiger partial charge is 0.479 e. The van der Waals surface area contributed by atoms with E-state index in [9.17, 15) is 9.59 Å². The van der Waals surface area contributed by atoms with E-state index in [-0.39, 0.29) is 26.1 Å². The van der Waals surface area contributed by atoms with Crippen LogP contribution in [0, 0.1) is 0 Å². The standard InChI is InChI=1S/C8H16N2O5/c1-10(4-5-11)8(15)9-3-2-6(12)7(13)14/h6,11-12H,2-5H2,1H3,(H,9,15)(H,13,14). The Kier molecular flexibility index (Phi) is 6.39. The molecular formula is C8H16N2O5. The summed E-state index contributed by atoms with van der Waals surface area (Å²) in [5.74, 6) is -1.31. The summed E-state index contributed by atoms with van der Waals surface area (Å²) < 4.78 is 0. The van der Waals surface area contributed by atoms with E-state index >= 15 is 0 Å². The Morgan fingerprint density at radius 1 is 1.47 bits per heavy atom. The number of nitrogens with zero attached hydrogens (tertiary/aromatic N) is 1. The fourth-order valence-electron chi connectivity index (χ4n) is 0.826. The van der Waals surface area contributed by atoms with Gasteiger partial charge in [-0.25, -0.2) is 9.59 Å². The van der Waals surface area contributed by atoms with Crippen LogP contribution in [-0.2, 0) is 4.79 Å². The molecule has 0 saturated carbocycles. The Morgan fingerprint density at radius 3 is 2.53 bits per heavy atom. The minimum Gasteiger partial charge on any atom is -0.479 e. The predicted octanol–water partition coefficient (Wildman–Crippen LogP) is -1.54. The van der Waals surface area contributed by atoms with Crippen LogP contribution >= 0.6 is 0 Å². The van der Waals surface area contributed by atoms with Gasteiger partial charge in [-0.3, -0.25) is 0 Å². The molecule has 1 atom stereocenters. The van der Waals surface area contributed by atoms with Crippen molar-refractivity contribution in [3.63, 3.8) is 0 Å². The molecule has 0 rings (SSSR count). The maximum atomic E-state index is 11.2. The van der Waals surface area contributed by atoms with E-state index in [2.05, 4.69) is 5.32 Å². The maximum Gasteiger partial charge on any atom is 0.332 e. The molecule has 0 aliphatic rings. The fourth-order valence-corrected chi connectivity index (χ4v) is 0.826. The molecule has 0 saturated heterocycles. The van der Waals surface area contributed by atoms with Gasteiger partial charge in [0, 0.05) is 26.6 Å². The zero-order valence-corrected chi connectivity index (χ0v) is 8.51. The van der Waals surface area contributed by atoms with E-state index in [1.807, 2.05) is 0 Å². The van der Waals surface area contributed by atoms with Crippen molar-refractivity contribution in [3.05, 3.63) is 0 Å². The lowest BCUT2D eigenvalue weighted by Gasteiger charge is -2.16. The van der Waals surface area contributed by atoms with Gasteiger partial charge in [-0.2, -0.15) is 0 Å². The highest BCUT2D eigenvalue weighted by Gasteiger charge is 2.13. The van der Waals surface area contributed by atoms with Gasteiger partial charge < -0.3 is 25.5 Å². The minimum atomic E-state index is -1.46. The summed E-state index contributed by atoms with van der Waals surface area (Å²) in [5, 5.41) is 28.1. The molecule has 0 radical (unpaired) electrons. The number of carboxylic acid groups (broad SMARTS) is 1. The molecule has 0 bridgehead atoms.